The molecule has 0 saturated heterocycles. The Morgan fingerprint density at radius 2 is 2.26 bits per heavy atom. The molecule has 0 spiro atoms. The lowest BCUT2D eigenvalue weighted by Gasteiger charge is -1.97. The molecule has 1 saturated carbocycles. The van der Waals surface area contributed by atoms with Crippen LogP contribution in [0.2, 0.25) is 5.15 Å². The molecule has 1 aliphatic rings. The van der Waals surface area contributed by atoms with E-state index >= 15 is 0 Å². The quantitative estimate of drug-likeness (QED) is 0.736. The van der Waals surface area contributed by atoms with Crippen LogP contribution in [0, 0.1) is 0 Å². The number of anilines is 1. The number of pyridine rings is 1. The van der Waals surface area contributed by atoms with E-state index in [9.17, 15) is 4.79 Å². The number of nitrogens with one attached hydrogen (secondary N) is 1. The number of halogens is 1. The molecule has 1 amide bonds. The Hall–Kier alpha value is -2.25. The van der Waals surface area contributed by atoms with Crippen molar-refractivity contribution in [3.8, 4) is 0 Å². The van der Waals surface area contributed by atoms with E-state index in [4.69, 9.17) is 11.6 Å². The van der Waals surface area contributed by atoms with E-state index in [0.717, 1.165) is 23.5 Å². The Morgan fingerprint density at radius 3 is 3.09 bits per heavy atom. The molecule has 3 aromatic heterocycles. The molecule has 1 N–H and O–H groups in total. The van der Waals surface area contributed by atoms with E-state index in [2.05, 4.69) is 20.5 Å². The molecule has 4 rings (SSSR count). The Labute approximate surface area is 140 Å². The van der Waals surface area contributed by atoms with Gasteiger partial charge in [0.1, 0.15) is 10.7 Å². The van der Waals surface area contributed by atoms with Crippen molar-refractivity contribution in [1.82, 2.24) is 19.6 Å². The molecule has 23 heavy (non-hydrogen) atoms. The number of amides is 1. The standard InChI is InChI=1S/C15H12ClN5OS/c16-13-10(21-8-2-1-3-11(21)17-13)6-7-12(22)18-15-20-19-14(23-15)9-4-5-9/h1-3,6-9H,4-5H2,(H,18,20,22)/b7-6+. The fraction of sp³-hybridized carbons (Fsp3) is 0.200. The van der Waals surface area contributed by atoms with E-state index in [1.807, 2.05) is 28.8 Å². The van der Waals surface area contributed by atoms with Gasteiger partial charge in [-0.25, -0.2) is 4.98 Å². The summed E-state index contributed by atoms with van der Waals surface area (Å²) < 4.78 is 1.82. The Bertz CT molecular complexity index is 912. The van der Waals surface area contributed by atoms with Crippen LogP contribution in [0.5, 0.6) is 0 Å². The van der Waals surface area contributed by atoms with Gasteiger partial charge in [-0.15, -0.1) is 10.2 Å². The number of hydrogen-bond acceptors (Lipinski definition) is 5. The number of rotatable bonds is 4. The predicted octanol–water partition coefficient (Wildman–Crippen LogP) is 3.37. The van der Waals surface area contributed by atoms with Gasteiger partial charge in [-0.05, 0) is 31.1 Å². The summed E-state index contributed by atoms with van der Waals surface area (Å²) in [7, 11) is 0. The van der Waals surface area contributed by atoms with Crippen LogP contribution < -0.4 is 5.32 Å². The summed E-state index contributed by atoms with van der Waals surface area (Å²) in [6, 6.07) is 5.61. The first kappa shape index (κ1) is 14.3. The second-order valence-corrected chi connectivity index (χ2v) is 6.63. The van der Waals surface area contributed by atoms with Crippen molar-refractivity contribution in [3.05, 3.63) is 46.3 Å². The van der Waals surface area contributed by atoms with Crippen LogP contribution in [-0.4, -0.2) is 25.5 Å². The van der Waals surface area contributed by atoms with Crippen molar-refractivity contribution in [2.45, 2.75) is 18.8 Å². The van der Waals surface area contributed by atoms with Crippen LogP contribution in [0.15, 0.2) is 30.5 Å². The maximum absolute atomic E-state index is 12.0. The second-order valence-electron chi connectivity index (χ2n) is 5.26. The molecule has 0 aromatic carbocycles. The van der Waals surface area contributed by atoms with Gasteiger partial charge < -0.3 is 0 Å². The van der Waals surface area contributed by atoms with Crippen LogP contribution >= 0.6 is 22.9 Å². The number of fused-ring (bicyclic) bond motifs is 1. The third-order valence-electron chi connectivity index (χ3n) is 3.51. The fourth-order valence-electron chi connectivity index (χ4n) is 2.22. The smallest absolute Gasteiger partial charge is 0.250 e. The molecule has 1 aliphatic carbocycles. The number of carbonyl (C=O) groups is 1. The van der Waals surface area contributed by atoms with Crippen molar-refractivity contribution in [1.29, 1.82) is 0 Å². The maximum Gasteiger partial charge on any atom is 0.250 e. The highest BCUT2D eigenvalue weighted by molar-refractivity contribution is 7.15. The third kappa shape index (κ3) is 2.97. The third-order valence-corrected chi connectivity index (χ3v) is 4.79. The minimum atomic E-state index is -0.273. The average molecular weight is 346 g/mol. The van der Waals surface area contributed by atoms with Crippen molar-refractivity contribution in [3.63, 3.8) is 0 Å². The first-order valence-electron chi connectivity index (χ1n) is 7.16. The summed E-state index contributed by atoms with van der Waals surface area (Å²) in [6.07, 6.45) is 7.23. The van der Waals surface area contributed by atoms with Crippen LogP contribution in [0.1, 0.15) is 29.5 Å². The predicted molar refractivity (Wildman–Crippen MR) is 89.7 cm³/mol. The Morgan fingerprint density at radius 1 is 1.39 bits per heavy atom. The average Bonchev–Trinajstić information content (AvgIpc) is 3.20. The zero-order valence-corrected chi connectivity index (χ0v) is 13.5. The molecule has 0 atom stereocenters. The van der Waals surface area contributed by atoms with Crippen LogP contribution in [0.3, 0.4) is 0 Å². The summed E-state index contributed by atoms with van der Waals surface area (Å²) >= 11 is 7.55. The van der Waals surface area contributed by atoms with E-state index in [1.165, 1.54) is 17.4 Å². The lowest BCUT2D eigenvalue weighted by Crippen LogP contribution is -2.07. The summed E-state index contributed by atoms with van der Waals surface area (Å²) in [5, 5.41) is 12.7. The summed E-state index contributed by atoms with van der Waals surface area (Å²) in [5.41, 5.74) is 1.39. The van der Waals surface area contributed by atoms with E-state index in [0.29, 0.717) is 21.9 Å². The van der Waals surface area contributed by atoms with Crippen LogP contribution in [0.4, 0.5) is 5.13 Å². The van der Waals surface area contributed by atoms with E-state index in [1.54, 1.807) is 6.08 Å². The van der Waals surface area contributed by atoms with Gasteiger partial charge in [0.05, 0.1) is 5.69 Å². The van der Waals surface area contributed by atoms with Crippen molar-refractivity contribution in [2.75, 3.05) is 5.32 Å². The summed E-state index contributed by atoms with van der Waals surface area (Å²) in [5.74, 6) is 0.260. The lowest BCUT2D eigenvalue weighted by molar-refractivity contribution is -0.111. The van der Waals surface area contributed by atoms with E-state index < -0.39 is 0 Å². The zero-order valence-electron chi connectivity index (χ0n) is 11.9. The van der Waals surface area contributed by atoms with Crippen molar-refractivity contribution in [2.24, 2.45) is 0 Å². The molecule has 1 fully saturated rings. The lowest BCUT2D eigenvalue weighted by atomic mass is 10.4. The highest BCUT2D eigenvalue weighted by atomic mass is 35.5. The largest absolute Gasteiger partial charge is 0.299 e. The molecule has 0 aliphatic heterocycles. The van der Waals surface area contributed by atoms with Gasteiger partial charge in [-0.2, -0.15) is 0 Å². The minimum absolute atomic E-state index is 0.273. The topological polar surface area (TPSA) is 72.2 Å². The van der Waals surface area contributed by atoms with Gasteiger partial charge in [0, 0.05) is 18.2 Å². The number of imidazole rings is 1. The molecule has 0 unspecified atom stereocenters. The van der Waals surface area contributed by atoms with Crippen molar-refractivity contribution < 1.29 is 4.79 Å². The van der Waals surface area contributed by atoms with Crippen molar-refractivity contribution >= 4 is 45.7 Å². The number of carbonyl (C=O) groups excluding carboxylic acids is 1. The molecule has 8 heteroatoms. The first-order chi connectivity index (χ1) is 11.2. The van der Waals surface area contributed by atoms with Gasteiger partial charge in [0.2, 0.25) is 11.0 Å². The summed E-state index contributed by atoms with van der Waals surface area (Å²) in [6.45, 7) is 0. The molecule has 6 nitrogen and oxygen atoms in total. The van der Waals surface area contributed by atoms with Gasteiger partial charge in [0.25, 0.3) is 0 Å². The monoisotopic (exact) mass is 345 g/mol. The number of nitrogens with zero attached hydrogens (tertiary/aromatic N) is 4. The Balaban J connectivity index is 1.50. The molecular weight excluding hydrogens is 334 g/mol. The van der Waals surface area contributed by atoms with Gasteiger partial charge in [-0.1, -0.05) is 29.0 Å². The van der Waals surface area contributed by atoms with Gasteiger partial charge >= 0.3 is 0 Å². The van der Waals surface area contributed by atoms with Gasteiger partial charge in [-0.3, -0.25) is 14.5 Å². The van der Waals surface area contributed by atoms with Gasteiger partial charge in [0.15, 0.2) is 5.15 Å². The minimum Gasteiger partial charge on any atom is -0.299 e. The number of hydrogen-bond donors (Lipinski definition) is 1. The number of aromatic nitrogens is 4. The van der Waals surface area contributed by atoms with Crippen LogP contribution in [-0.2, 0) is 4.79 Å². The normalized spacial score (nSPS) is 14.7. The molecule has 3 heterocycles. The molecule has 3 aromatic rings. The highest BCUT2D eigenvalue weighted by Crippen LogP contribution is 2.42. The van der Waals surface area contributed by atoms with Crippen LogP contribution in [0.25, 0.3) is 11.7 Å². The first-order valence-corrected chi connectivity index (χ1v) is 8.35. The fourth-order valence-corrected chi connectivity index (χ4v) is 3.37. The molecular formula is C15H12ClN5OS. The Kier molecular flexibility index (Phi) is 3.59. The molecule has 0 bridgehead atoms. The zero-order chi connectivity index (χ0) is 15.8. The molecule has 116 valence electrons. The molecule has 0 radical (unpaired) electrons. The highest BCUT2D eigenvalue weighted by Gasteiger charge is 2.27. The van der Waals surface area contributed by atoms with E-state index in [-0.39, 0.29) is 5.91 Å². The SMILES string of the molecule is O=C(/C=C/c1c(Cl)nc2ccccn12)Nc1nnc(C2CC2)s1. The second kappa shape index (κ2) is 5.75. The maximum atomic E-state index is 12.0. The summed E-state index contributed by atoms with van der Waals surface area (Å²) in [4.78, 5) is 16.2.